The van der Waals surface area contributed by atoms with Crippen LogP contribution in [-0.2, 0) is 0 Å². The summed E-state index contributed by atoms with van der Waals surface area (Å²) in [4.78, 5) is 8.91. The van der Waals surface area contributed by atoms with Crippen LogP contribution < -0.4 is 5.36 Å². The van der Waals surface area contributed by atoms with Crippen molar-refractivity contribution in [3.63, 3.8) is 0 Å². The van der Waals surface area contributed by atoms with Crippen LogP contribution in [0.25, 0.3) is 22.3 Å². The number of fused-ring (bicyclic) bond motifs is 1. The number of benzene rings is 2. The molecule has 1 N–H and O–H groups in total. The fourth-order valence-corrected chi connectivity index (χ4v) is 2.72. The molecule has 0 aliphatic carbocycles. The Morgan fingerprint density at radius 3 is 2.40 bits per heavy atom. The molecule has 4 aromatic rings. The Hall–Kier alpha value is -3.21. The monoisotopic (exact) mass is 330 g/mol. The Kier molecular flexibility index (Phi) is 3.69. The van der Waals surface area contributed by atoms with Gasteiger partial charge < -0.3 is 4.42 Å². The molecule has 0 aliphatic heterocycles. The van der Waals surface area contributed by atoms with Crippen molar-refractivity contribution in [3.8, 4) is 11.3 Å². The van der Waals surface area contributed by atoms with Gasteiger partial charge in [-0.1, -0.05) is 41.5 Å². The van der Waals surface area contributed by atoms with Gasteiger partial charge in [0, 0.05) is 17.0 Å². The molecule has 0 amide bonds. The van der Waals surface area contributed by atoms with Gasteiger partial charge in [0.25, 0.3) is 5.95 Å². The molecule has 5 nitrogen and oxygen atoms in total. The molecule has 5 heteroatoms. The summed E-state index contributed by atoms with van der Waals surface area (Å²) < 4.78 is 6.12. The van der Waals surface area contributed by atoms with Crippen molar-refractivity contribution in [1.82, 2.24) is 15.2 Å². The quantitative estimate of drug-likeness (QED) is 0.593. The predicted octanol–water partition coefficient (Wildman–Crippen LogP) is 4.38. The van der Waals surface area contributed by atoms with E-state index in [4.69, 9.17) is 4.42 Å². The second kappa shape index (κ2) is 6.02. The van der Waals surface area contributed by atoms with Crippen molar-refractivity contribution in [1.29, 1.82) is 0 Å². The number of rotatable bonds is 2. The minimum absolute atomic E-state index is 0.418. The van der Waals surface area contributed by atoms with E-state index in [0.717, 1.165) is 39.0 Å². The van der Waals surface area contributed by atoms with E-state index in [1.807, 2.05) is 32.0 Å². The third kappa shape index (κ3) is 3.08. The van der Waals surface area contributed by atoms with Crippen molar-refractivity contribution < 1.29 is 4.42 Å². The minimum atomic E-state index is 0.418. The van der Waals surface area contributed by atoms with Gasteiger partial charge in [0.2, 0.25) is 0 Å². The lowest BCUT2D eigenvalue weighted by atomic mass is 10.1. The summed E-state index contributed by atoms with van der Waals surface area (Å²) in [5.41, 5.74) is 4.15. The lowest BCUT2D eigenvalue weighted by Gasteiger charge is -2.06. The van der Waals surface area contributed by atoms with Gasteiger partial charge in [-0.15, -0.1) is 5.10 Å². The minimum Gasteiger partial charge on any atom is -0.456 e. The van der Waals surface area contributed by atoms with Crippen LogP contribution in [0.4, 0.5) is 5.95 Å². The maximum atomic E-state index is 6.12. The highest BCUT2D eigenvalue weighted by molar-refractivity contribution is 5.79. The Bertz CT molecular complexity index is 1120. The number of nitrogens with one attached hydrogen (secondary N) is 1. The first-order valence-corrected chi connectivity index (χ1v) is 8.14. The van der Waals surface area contributed by atoms with Gasteiger partial charge >= 0.3 is 0 Å². The zero-order valence-corrected chi connectivity index (χ0v) is 14.4. The third-order valence-corrected chi connectivity index (χ3v) is 4.04. The molecule has 0 saturated carbocycles. The number of hydrogen-bond donors (Lipinski definition) is 1. The van der Waals surface area contributed by atoms with Gasteiger partial charge in [-0.05, 0) is 32.9 Å². The molecule has 0 unspecified atom stereocenters. The molecule has 2 heterocycles. The van der Waals surface area contributed by atoms with E-state index in [9.17, 15) is 0 Å². The average molecular weight is 330 g/mol. The zero-order valence-electron chi connectivity index (χ0n) is 14.4. The van der Waals surface area contributed by atoms with E-state index in [1.165, 1.54) is 5.56 Å². The van der Waals surface area contributed by atoms with Crippen LogP contribution >= 0.6 is 0 Å². The average Bonchev–Trinajstić information content (AvgIpc) is 3.01. The standard InChI is InChI=1S/C20H18N4O/c1-12-4-7-15(8-5-12)19-11-17(22-20-21-14(3)23-24-20)16-10-13(2)6-9-18(16)25-19/h4-11H,1-3H3,(H,21,23,24). The summed E-state index contributed by atoms with van der Waals surface area (Å²) in [6.07, 6.45) is 0. The van der Waals surface area contributed by atoms with E-state index in [-0.39, 0.29) is 0 Å². The summed E-state index contributed by atoms with van der Waals surface area (Å²) in [6, 6.07) is 16.3. The Morgan fingerprint density at radius 1 is 0.920 bits per heavy atom. The molecule has 4 rings (SSSR count). The topological polar surface area (TPSA) is 67.1 Å². The van der Waals surface area contributed by atoms with Crippen LogP contribution in [0.3, 0.4) is 0 Å². The Balaban J connectivity index is 1.99. The van der Waals surface area contributed by atoms with Crippen LogP contribution in [0.5, 0.6) is 0 Å². The van der Waals surface area contributed by atoms with Crippen LogP contribution in [0.2, 0.25) is 0 Å². The zero-order chi connectivity index (χ0) is 17.4. The van der Waals surface area contributed by atoms with Crippen molar-refractivity contribution in [2.24, 2.45) is 4.99 Å². The maximum absolute atomic E-state index is 6.12. The Morgan fingerprint density at radius 2 is 1.68 bits per heavy atom. The third-order valence-electron chi connectivity index (χ3n) is 4.04. The molecule has 0 spiro atoms. The number of H-pyrrole nitrogens is 1. The SMILES string of the molecule is Cc1ccc(-c2cc(=Nc3n[nH]c(C)n3)c3cc(C)ccc3o2)cc1. The van der Waals surface area contributed by atoms with Gasteiger partial charge in [-0.3, -0.25) is 5.10 Å². The van der Waals surface area contributed by atoms with E-state index >= 15 is 0 Å². The van der Waals surface area contributed by atoms with Crippen LogP contribution in [-0.4, -0.2) is 15.2 Å². The molecule has 2 aromatic heterocycles. The molecule has 124 valence electrons. The summed E-state index contributed by atoms with van der Waals surface area (Å²) >= 11 is 0. The van der Waals surface area contributed by atoms with Gasteiger partial charge in [-0.2, -0.15) is 4.98 Å². The van der Waals surface area contributed by atoms with Gasteiger partial charge in [-0.25, -0.2) is 4.99 Å². The number of aryl methyl sites for hydroxylation is 3. The van der Waals surface area contributed by atoms with Crippen molar-refractivity contribution >= 4 is 16.9 Å². The molecular formula is C20H18N4O. The molecule has 0 atom stereocenters. The molecular weight excluding hydrogens is 312 g/mol. The summed E-state index contributed by atoms with van der Waals surface area (Å²) in [5, 5.41) is 8.68. The summed E-state index contributed by atoms with van der Waals surface area (Å²) in [6.45, 7) is 5.97. The van der Waals surface area contributed by atoms with Crippen molar-refractivity contribution in [2.75, 3.05) is 0 Å². The predicted molar refractivity (Wildman–Crippen MR) is 97.5 cm³/mol. The molecule has 25 heavy (non-hydrogen) atoms. The summed E-state index contributed by atoms with van der Waals surface area (Å²) in [5.74, 6) is 1.92. The Labute approximate surface area is 145 Å². The smallest absolute Gasteiger partial charge is 0.268 e. The fourth-order valence-electron chi connectivity index (χ4n) is 2.72. The molecule has 0 aliphatic rings. The van der Waals surface area contributed by atoms with E-state index in [2.05, 4.69) is 57.4 Å². The van der Waals surface area contributed by atoms with Gasteiger partial charge in [0.1, 0.15) is 17.2 Å². The lowest BCUT2D eigenvalue weighted by molar-refractivity contribution is 0.618. The molecule has 0 radical (unpaired) electrons. The number of nitrogens with zero attached hydrogens (tertiary/aromatic N) is 3. The first-order chi connectivity index (χ1) is 12.1. The highest BCUT2D eigenvalue weighted by Crippen LogP contribution is 2.23. The van der Waals surface area contributed by atoms with Gasteiger partial charge in [0.15, 0.2) is 0 Å². The lowest BCUT2D eigenvalue weighted by Crippen LogP contribution is -2.04. The van der Waals surface area contributed by atoms with Crippen LogP contribution in [0.1, 0.15) is 17.0 Å². The largest absolute Gasteiger partial charge is 0.456 e. The van der Waals surface area contributed by atoms with Crippen molar-refractivity contribution in [3.05, 3.63) is 70.8 Å². The van der Waals surface area contributed by atoms with Crippen LogP contribution in [0, 0.1) is 20.8 Å². The fraction of sp³-hybridized carbons (Fsp3) is 0.150. The van der Waals surface area contributed by atoms with Crippen molar-refractivity contribution in [2.45, 2.75) is 20.8 Å². The second-order valence-electron chi connectivity index (χ2n) is 6.19. The van der Waals surface area contributed by atoms with E-state index in [0.29, 0.717) is 5.95 Å². The van der Waals surface area contributed by atoms with E-state index in [1.54, 1.807) is 0 Å². The highest BCUT2D eigenvalue weighted by Gasteiger charge is 2.07. The maximum Gasteiger partial charge on any atom is 0.268 e. The molecule has 0 saturated heterocycles. The second-order valence-corrected chi connectivity index (χ2v) is 6.19. The summed E-state index contributed by atoms with van der Waals surface area (Å²) in [7, 11) is 0. The molecule has 2 aromatic carbocycles. The number of aromatic nitrogens is 3. The van der Waals surface area contributed by atoms with Gasteiger partial charge in [0.05, 0.1) is 5.36 Å². The number of hydrogen-bond acceptors (Lipinski definition) is 4. The molecule has 0 bridgehead atoms. The van der Waals surface area contributed by atoms with Crippen LogP contribution in [0.15, 0.2) is 57.9 Å². The van der Waals surface area contributed by atoms with E-state index < -0.39 is 0 Å². The highest BCUT2D eigenvalue weighted by atomic mass is 16.3. The normalized spacial score (nSPS) is 12.0. The first kappa shape index (κ1) is 15.3. The molecule has 0 fully saturated rings. The first-order valence-electron chi connectivity index (χ1n) is 8.14. The number of aromatic amines is 1.